The average Bonchev–Trinajstić information content (AvgIpc) is 2.91. The fourth-order valence-corrected chi connectivity index (χ4v) is 2.70. The molecule has 0 bridgehead atoms. The molecule has 1 N–H and O–H groups in total. The van der Waals surface area contributed by atoms with Crippen LogP contribution in [0.3, 0.4) is 0 Å². The summed E-state index contributed by atoms with van der Waals surface area (Å²) in [6.07, 6.45) is 0.963. The van der Waals surface area contributed by atoms with Gasteiger partial charge in [-0.25, -0.2) is 0 Å². The van der Waals surface area contributed by atoms with E-state index in [1.165, 1.54) is 0 Å². The first-order chi connectivity index (χ1) is 9.47. The van der Waals surface area contributed by atoms with Crippen molar-refractivity contribution in [3.8, 4) is 0 Å². The Balaban J connectivity index is 2.27. The zero-order chi connectivity index (χ0) is 14.9. The van der Waals surface area contributed by atoms with Gasteiger partial charge in [0.1, 0.15) is 0 Å². The van der Waals surface area contributed by atoms with Gasteiger partial charge in [-0.3, -0.25) is 9.36 Å². The number of nitrogens with zero attached hydrogens (tertiary/aromatic N) is 4. The Morgan fingerprint density at radius 2 is 1.95 bits per heavy atom. The van der Waals surface area contributed by atoms with Crippen LogP contribution in [0.15, 0.2) is 6.07 Å². The molecule has 0 spiro atoms. The molecule has 2 rings (SSSR count). The molecule has 0 aromatic carbocycles. The molecule has 5 nitrogen and oxygen atoms in total. The molecule has 5 heteroatoms. The summed E-state index contributed by atoms with van der Waals surface area (Å²) in [4.78, 5) is 0. The molecule has 0 aliphatic rings. The molecular formula is C15H24N4O. The Bertz CT molecular complexity index is 597. The van der Waals surface area contributed by atoms with Crippen LogP contribution in [0.1, 0.15) is 48.3 Å². The quantitative estimate of drug-likeness (QED) is 0.909. The van der Waals surface area contributed by atoms with Crippen molar-refractivity contribution in [3.63, 3.8) is 0 Å². The maximum absolute atomic E-state index is 10.6. The van der Waals surface area contributed by atoms with Crippen LogP contribution in [0, 0.1) is 13.8 Å². The minimum absolute atomic E-state index is 0.532. The lowest BCUT2D eigenvalue weighted by Gasteiger charge is -2.12. The molecule has 110 valence electrons. The fourth-order valence-electron chi connectivity index (χ4n) is 2.70. The van der Waals surface area contributed by atoms with Gasteiger partial charge in [0.05, 0.1) is 17.5 Å². The Kier molecular flexibility index (Phi) is 4.28. The average molecular weight is 276 g/mol. The highest BCUT2D eigenvalue weighted by Crippen LogP contribution is 2.24. The van der Waals surface area contributed by atoms with Gasteiger partial charge in [-0.15, -0.1) is 0 Å². The molecule has 2 aromatic rings. The van der Waals surface area contributed by atoms with E-state index in [1.54, 1.807) is 0 Å². The molecule has 0 aliphatic heterocycles. The van der Waals surface area contributed by atoms with Gasteiger partial charge in [-0.2, -0.15) is 10.2 Å². The Hall–Kier alpha value is -1.62. The molecular weight excluding hydrogens is 252 g/mol. The summed E-state index contributed by atoms with van der Waals surface area (Å²) in [5, 5.41) is 19.5. The molecule has 0 radical (unpaired) electrons. The van der Waals surface area contributed by atoms with E-state index in [-0.39, 0.29) is 0 Å². The van der Waals surface area contributed by atoms with Gasteiger partial charge in [0, 0.05) is 37.0 Å². The van der Waals surface area contributed by atoms with Crippen molar-refractivity contribution in [1.29, 1.82) is 0 Å². The van der Waals surface area contributed by atoms with Crippen molar-refractivity contribution >= 4 is 0 Å². The van der Waals surface area contributed by atoms with Crippen LogP contribution in [0.2, 0.25) is 0 Å². The molecule has 2 aromatic heterocycles. The monoisotopic (exact) mass is 276 g/mol. The van der Waals surface area contributed by atoms with Crippen LogP contribution in [-0.4, -0.2) is 24.7 Å². The summed E-state index contributed by atoms with van der Waals surface area (Å²) in [6, 6.07) is 2.09. The molecule has 0 fully saturated rings. The van der Waals surface area contributed by atoms with Crippen molar-refractivity contribution in [2.75, 3.05) is 0 Å². The number of aromatic nitrogens is 4. The van der Waals surface area contributed by atoms with E-state index in [0.717, 1.165) is 41.3 Å². The third kappa shape index (κ3) is 2.63. The maximum Gasteiger partial charge on any atom is 0.0881 e. The minimum Gasteiger partial charge on any atom is -0.388 e. The summed E-state index contributed by atoms with van der Waals surface area (Å²) in [5.41, 5.74) is 5.02. The maximum atomic E-state index is 10.6. The molecule has 2 heterocycles. The summed E-state index contributed by atoms with van der Waals surface area (Å²) >= 11 is 0. The Morgan fingerprint density at radius 3 is 2.45 bits per heavy atom. The molecule has 1 unspecified atom stereocenters. The van der Waals surface area contributed by atoms with Gasteiger partial charge in [0.15, 0.2) is 0 Å². The van der Waals surface area contributed by atoms with E-state index in [4.69, 9.17) is 0 Å². The third-order valence-corrected chi connectivity index (χ3v) is 3.88. The van der Waals surface area contributed by atoms with Crippen LogP contribution in [0.25, 0.3) is 0 Å². The number of aryl methyl sites for hydroxylation is 4. The molecule has 0 saturated heterocycles. The first kappa shape index (κ1) is 14.8. The Morgan fingerprint density at radius 1 is 1.25 bits per heavy atom. The second kappa shape index (κ2) is 5.79. The molecule has 0 amide bonds. The van der Waals surface area contributed by atoms with Crippen molar-refractivity contribution in [3.05, 3.63) is 34.4 Å². The fraction of sp³-hybridized carbons (Fsp3) is 0.600. The smallest absolute Gasteiger partial charge is 0.0881 e. The first-order valence-electron chi connectivity index (χ1n) is 7.21. The highest BCUT2D eigenvalue weighted by atomic mass is 16.3. The van der Waals surface area contributed by atoms with Crippen LogP contribution in [0.4, 0.5) is 0 Å². The Labute approximate surface area is 120 Å². The van der Waals surface area contributed by atoms with Crippen LogP contribution < -0.4 is 0 Å². The van der Waals surface area contributed by atoms with Crippen molar-refractivity contribution < 1.29 is 5.11 Å². The zero-order valence-electron chi connectivity index (χ0n) is 13.0. The lowest BCUT2D eigenvalue weighted by atomic mass is 10.0. The minimum atomic E-state index is -0.532. The van der Waals surface area contributed by atoms with Crippen molar-refractivity contribution in [2.45, 2.75) is 53.2 Å². The van der Waals surface area contributed by atoms with E-state index in [2.05, 4.69) is 30.1 Å². The summed E-state index contributed by atoms with van der Waals surface area (Å²) in [6.45, 7) is 8.93. The van der Waals surface area contributed by atoms with Crippen LogP contribution in [0.5, 0.6) is 0 Å². The third-order valence-electron chi connectivity index (χ3n) is 3.88. The van der Waals surface area contributed by atoms with Gasteiger partial charge < -0.3 is 5.11 Å². The second-order valence-corrected chi connectivity index (χ2v) is 5.22. The topological polar surface area (TPSA) is 55.9 Å². The first-order valence-corrected chi connectivity index (χ1v) is 7.21. The van der Waals surface area contributed by atoms with E-state index in [1.807, 2.05) is 30.3 Å². The number of aliphatic hydroxyl groups excluding tert-OH is 1. The normalized spacial score (nSPS) is 12.9. The van der Waals surface area contributed by atoms with Crippen molar-refractivity contribution in [1.82, 2.24) is 19.6 Å². The van der Waals surface area contributed by atoms with Crippen LogP contribution in [-0.2, 0) is 26.4 Å². The zero-order valence-corrected chi connectivity index (χ0v) is 13.0. The van der Waals surface area contributed by atoms with Gasteiger partial charge in [0.25, 0.3) is 0 Å². The number of hydrogen-bond donors (Lipinski definition) is 1. The van der Waals surface area contributed by atoms with Gasteiger partial charge >= 0.3 is 0 Å². The molecule has 20 heavy (non-hydrogen) atoms. The highest BCUT2D eigenvalue weighted by Gasteiger charge is 2.20. The predicted molar refractivity (Wildman–Crippen MR) is 78.6 cm³/mol. The molecule has 0 aliphatic carbocycles. The number of hydrogen-bond acceptors (Lipinski definition) is 3. The standard InChI is InChI=1S/C15H24N4O/c1-6-12-8-13(19(7-2)17-12)9-14(20)15-10(3)16-18(5)11(15)4/h8,14,20H,6-7,9H2,1-5H3. The summed E-state index contributed by atoms with van der Waals surface area (Å²) in [5.74, 6) is 0. The number of aliphatic hydroxyl groups is 1. The van der Waals surface area contributed by atoms with Gasteiger partial charge in [-0.05, 0) is 33.3 Å². The molecule has 1 atom stereocenters. The van der Waals surface area contributed by atoms with Crippen LogP contribution >= 0.6 is 0 Å². The summed E-state index contributed by atoms with van der Waals surface area (Å²) < 4.78 is 3.80. The van der Waals surface area contributed by atoms with E-state index >= 15 is 0 Å². The SMILES string of the molecule is CCc1cc(CC(O)c2c(C)nn(C)c2C)n(CC)n1. The summed E-state index contributed by atoms with van der Waals surface area (Å²) in [7, 11) is 1.91. The van der Waals surface area contributed by atoms with Gasteiger partial charge in [-0.1, -0.05) is 6.92 Å². The van der Waals surface area contributed by atoms with Crippen molar-refractivity contribution in [2.24, 2.45) is 7.05 Å². The van der Waals surface area contributed by atoms with E-state index < -0.39 is 6.10 Å². The van der Waals surface area contributed by atoms with Gasteiger partial charge in [0.2, 0.25) is 0 Å². The van der Waals surface area contributed by atoms with E-state index in [0.29, 0.717) is 6.42 Å². The highest BCUT2D eigenvalue weighted by molar-refractivity contribution is 5.28. The molecule has 0 saturated carbocycles. The number of rotatable bonds is 5. The second-order valence-electron chi connectivity index (χ2n) is 5.22. The lowest BCUT2D eigenvalue weighted by Crippen LogP contribution is -2.10. The van der Waals surface area contributed by atoms with E-state index in [9.17, 15) is 5.11 Å². The largest absolute Gasteiger partial charge is 0.388 e. The predicted octanol–water partition coefficient (Wildman–Crippen LogP) is 2.09. The lowest BCUT2D eigenvalue weighted by molar-refractivity contribution is 0.174.